The normalized spacial score (nSPS) is 15.3. The van der Waals surface area contributed by atoms with Crippen LogP contribution in [0.3, 0.4) is 0 Å². The number of likely N-dealkylation sites (tertiary alicyclic amines) is 1. The van der Waals surface area contributed by atoms with Crippen molar-refractivity contribution in [1.82, 2.24) is 20.2 Å². The minimum Gasteiger partial charge on any atom is -0.450 e. The van der Waals surface area contributed by atoms with E-state index in [-0.39, 0.29) is 18.0 Å². The van der Waals surface area contributed by atoms with Crippen molar-refractivity contribution in [2.24, 2.45) is 0 Å². The van der Waals surface area contributed by atoms with Crippen LogP contribution >= 0.6 is 0 Å². The number of piperidine rings is 1. The standard InChI is InChI=1S/C22H24N4O3/c1-2-29-22(28)26-11-9-15(10-12-26)24-21(27)8-7-16-13-18-17-5-3-4-6-19(17)25-20(18)14-23-16/h3-8,13-15,25H,2,9-12H2,1H3,(H,24,27)/b8-7+. The zero-order chi connectivity index (χ0) is 20.2. The molecule has 2 N–H and O–H groups in total. The summed E-state index contributed by atoms with van der Waals surface area (Å²) in [5.41, 5.74) is 2.77. The second-order valence-corrected chi connectivity index (χ2v) is 7.13. The molecule has 1 aliphatic rings. The van der Waals surface area contributed by atoms with Crippen molar-refractivity contribution in [3.05, 3.63) is 48.3 Å². The minimum absolute atomic E-state index is 0.0573. The van der Waals surface area contributed by atoms with Crippen LogP contribution < -0.4 is 5.32 Å². The van der Waals surface area contributed by atoms with Gasteiger partial charge in [-0.1, -0.05) is 18.2 Å². The topological polar surface area (TPSA) is 87.3 Å². The molecule has 1 fully saturated rings. The number of fused-ring (bicyclic) bond motifs is 3. The number of pyridine rings is 1. The van der Waals surface area contributed by atoms with Gasteiger partial charge in [0.25, 0.3) is 0 Å². The lowest BCUT2D eigenvalue weighted by molar-refractivity contribution is -0.117. The van der Waals surface area contributed by atoms with E-state index in [4.69, 9.17) is 4.74 Å². The number of ether oxygens (including phenoxy) is 1. The first-order valence-corrected chi connectivity index (χ1v) is 9.91. The SMILES string of the molecule is CCOC(=O)N1CCC(NC(=O)/C=C/c2cc3c(cn2)[nH]c2ccccc23)CC1. The third-order valence-corrected chi connectivity index (χ3v) is 5.18. The van der Waals surface area contributed by atoms with E-state index in [1.807, 2.05) is 24.3 Å². The summed E-state index contributed by atoms with van der Waals surface area (Å²) in [6.45, 7) is 3.35. The van der Waals surface area contributed by atoms with Crippen molar-refractivity contribution in [3.63, 3.8) is 0 Å². The maximum Gasteiger partial charge on any atom is 0.409 e. The summed E-state index contributed by atoms with van der Waals surface area (Å²) >= 11 is 0. The predicted molar refractivity (Wildman–Crippen MR) is 112 cm³/mol. The molecule has 1 saturated heterocycles. The molecule has 2 amide bonds. The molecule has 4 rings (SSSR count). The molecule has 2 aromatic heterocycles. The van der Waals surface area contributed by atoms with Crippen LogP contribution in [0.2, 0.25) is 0 Å². The average Bonchev–Trinajstić information content (AvgIpc) is 3.11. The van der Waals surface area contributed by atoms with E-state index in [2.05, 4.69) is 21.4 Å². The van der Waals surface area contributed by atoms with E-state index < -0.39 is 0 Å². The second-order valence-electron chi connectivity index (χ2n) is 7.13. The number of nitrogens with one attached hydrogen (secondary N) is 2. The minimum atomic E-state index is -0.282. The molecule has 7 nitrogen and oxygen atoms in total. The van der Waals surface area contributed by atoms with Gasteiger partial charge in [0.15, 0.2) is 0 Å². The van der Waals surface area contributed by atoms with Crippen LogP contribution in [0.5, 0.6) is 0 Å². The molecule has 3 aromatic rings. The van der Waals surface area contributed by atoms with Crippen molar-refractivity contribution in [3.8, 4) is 0 Å². The van der Waals surface area contributed by atoms with E-state index in [9.17, 15) is 9.59 Å². The van der Waals surface area contributed by atoms with Gasteiger partial charge >= 0.3 is 6.09 Å². The molecule has 0 saturated carbocycles. The zero-order valence-corrected chi connectivity index (χ0v) is 16.4. The number of para-hydroxylation sites is 1. The third kappa shape index (κ3) is 4.23. The zero-order valence-electron chi connectivity index (χ0n) is 16.4. The monoisotopic (exact) mass is 392 g/mol. The number of benzene rings is 1. The Labute approximate surface area is 168 Å². The molecule has 7 heteroatoms. The van der Waals surface area contributed by atoms with Crippen molar-refractivity contribution in [2.75, 3.05) is 19.7 Å². The Balaban J connectivity index is 1.36. The van der Waals surface area contributed by atoms with E-state index in [0.29, 0.717) is 19.7 Å². The number of H-pyrrole nitrogens is 1. The van der Waals surface area contributed by atoms with Crippen molar-refractivity contribution >= 4 is 39.9 Å². The Hall–Kier alpha value is -3.35. The fourth-order valence-corrected chi connectivity index (χ4v) is 3.69. The van der Waals surface area contributed by atoms with E-state index in [1.54, 1.807) is 24.1 Å². The Morgan fingerprint density at radius 3 is 2.83 bits per heavy atom. The van der Waals surface area contributed by atoms with E-state index >= 15 is 0 Å². The maximum atomic E-state index is 12.3. The molecule has 0 spiro atoms. The van der Waals surface area contributed by atoms with Crippen LogP contribution in [-0.2, 0) is 9.53 Å². The van der Waals surface area contributed by atoms with Crippen LogP contribution in [-0.4, -0.2) is 52.6 Å². The molecule has 1 aromatic carbocycles. The van der Waals surface area contributed by atoms with Gasteiger partial charge < -0.3 is 19.9 Å². The quantitative estimate of drug-likeness (QED) is 0.666. The lowest BCUT2D eigenvalue weighted by atomic mass is 10.1. The fraction of sp³-hybridized carbons (Fsp3) is 0.318. The van der Waals surface area contributed by atoms with Crippen LogP contribution in [0.1, 0.15) is 25.5 Å². The van der Waals surface area contributed by atoms with Crippen LogP contribution in [0.4, 0.5) is 4.79 Å². The first-order chi connectivity index (χ1) is 14.1. The Bertz CT molecular complexity index is 1060. The highest BCUT2D eigenvalue weighted by molar-refractivity contribution is 6.07. The highest BCUT2D eigenvalue weighted by Crippen LogP contribution is 2.25. The summed E-state index contributed by atoms with van der Waals surface area (Å²) in [7, 11) is 0. The summed E-state index contributed by atoms with van der Waals surface area (Å²) in [5, 5.41) is 5.23. The smallest absolute Gasteiger partial charge is 0.409 e. The fourth-order valence-electron chi connectivity index (χ4n) is 3.69. The van der Waals surface area contributed by atoms with Crippen molar-refractivity contribution < 1.29 is 14.3 Å². The molecular weight excluding hydrogens is 368 g/mol. The van der Waals surface area contributed by atoms with Gasteiger partial charge in [0.1, 0.15) is 0 Å². The van der Waals surface area contributed by atoms with Gasteiger partial charge in [-0.05, 0) is 38.0 Å². The van der Waals surface area contributed by atoms with Gasteiger partial charge in [-0.15, -0.1) is 0 Å². The molecule has 3 heterocycles. The van der Waals surface area contributed by atoms with Crippen LogP contribution in [0.25, 0.3) is 27.9 Å². The number of aromatic nitrogens is 2. The Kier molecular flexibility index (Phi) is 5.46. The lowest BCUT2D eigenvalue weighted by Gasteiger charge is -2.31. The summed E-state index contributed by atoms with van der Waals surface area (Å²) in [6, 6.07) is 10.1. The number of carbonyl (C=O) groups is 2. The Morgan fingerprint density at radius 1 is 1.24 bits per heavy atom. The molecule has 0 bridgehead atoms. The first-order valence-electron chi connectivity index (χ1n) is 9.91. The number of rotatable bonds is 4. The molecule has 29 heavy (non-hydrogen) atoms. The van der Waals surface area contributed by atoms with Gasteiger partial charge in [0.2, 0.25) is 5.91 Å². The van der Waals surface area contributed by atoms with Gasteiger partial charge in [0, 0.05) is 41.5 Å². The number of amides is 2. The van der Waals surface area contributed by atoms with Gasteiger partial charge in [-0.2, -0.15) is 0 Å². The first kappa shape index (κ1) is 19.0. The van der Waals surface area contributed by atoms with E-state index in [0.717, 1.165) is 40.3 Å². The van der Waals surface area contributed by atoms with Crippen molar-refractivity contribution in [1.29, 1.82) is 0 Å². The number of carbonyl (C=O) groups excluding carboxylic acids is 2. The largest absolute Gasteiger partial charge is 0.450 e. The summed E-state index contributed by atoms with van der Waals surface area (Å²) in [6.07, 6.45) is 6.19. The third-order valence-electron chi connectivity index (χ3n) is 5.18. The lowest BCUT2D eigenvalue weighted by Crippen LogP contribution is -2.46. The predicted octanol–water partition coefficient (Wildman–Crippen LogP) is 3.47. The molecule has 0 unspecified atom stereocenters. The molecule has 0 atom stereocenters. The van der Waals surface area contributed by atoms with E-state index in [1.165, 1.54) is 6.08 Å². The molecular formula is C22H24N4O3. The highest BCUT2D eigenvalue weighted by atomic mass is 16.6. The van der Waals surface area contributed by atoms with Crippen molar-refractivity contribution in [2.45, 2.75) is 25.8 Å². The number of hydrogen-bond acceptors (Lipinski definition) is 4. The summed E-state index contributed by atoms with van der Waals surface area (Å²) < 4.78 is 5.02. The molecule has 0 aliphatic carbocycles. The number of hydrogen-bond donors (Lipinski definition) is 2. The van der Waals surface area contributed by atoms with Gasteiger partial charge in [0.05, 0.1) is 24.0 Å². The Morgan fingerprint density at radius 2 is 2.03 bits per heavy atom. The maximum absolute atomic E-state index is 12.3. The number of nitrogens with zero attached hydrogens (tertiary/aromatic N) is 2. The van der Waals surface area contributed by atoms with Gasteiger partial charge in [-0.25, -0.2) is 4.79 Å². The highest BCUT2D eigenvalue weighted by Gasteiger charge is 2.24. The second kappa shape index (κ2) is 8.34. The summed E-state index contributed by atoms with van der Waals surface area (Å²) in [4.78, 5) is 33.5. The molecule has 0 radical (unpaired) electrons. The molecule has 1 aliphatic heterocycles. The van der Waals surface area contributed by atoms with Crippen LogP contribution in [0, 0.1) is 0 Å². The number of aromatic amines is 1. The molecule has 150 valence electrons. The van der Waals surface area contributed by atoms with Gasteiger partial charge in [-0.3, -0.25) is 9.78 Å². The average molecular weight is 392 g/mol. The summed E-state index contributed by atoms with van der Waals surface area (Å²) in [5.74, 6) is -0.152. The van der Waals surface area contributed by atoms with Crippen LogP contribution in [0.15, 0.2) is 42.6 Å².